The maximum Gasteiger partial charge on any atom is 0.259 e. The van der Waals surface area contributed by atoms with E-state index in [9.17, 15) is 18.7 Å². The first-order valence-electron chi connectivity index (χ1n) is 11.8. The third kappa shape index (κ3) is 4.62. The molecule has 3 aromatic rings. The number of thiazole rings is 1. The minimum absolute atomic E-state index is 0.0238. The number of aliphatic hydroxyl groups is 1. The van der Waals surface area contributed by atoms with Crippen LogP contribution in [0.1, 0.15) is 48.1 Å². The molecule has 1 aromatic carbocycles. The summed E-state index contributed by atoms with van der Waals surface area (Å²) in [6.07, 6.45) is 4.48. The topological polar surface area (TPSA) is 78.6 Å². The molecule has 2 atom stereocenters. The summed E-state index contributed by atoms with van der Waals surface area (Å²) in [5, 5.41) is 13.0. The number of pyridine rings is 1. The highest BCUT2D eigenvalue weighted by atomic mass is 32.1. The molecule has 10 heteroatoms. The number of hydrogen-bond acceptors (Lipinski definition) is 6. The molecular weight excluding hydrogens is 474 g/mol. The number of nitrogens with zero attached hydrogens (tertiary/aromatic N) is 3. The Balaban J connectivity index is 1.31. The molecule has 3 heterocycles. The number of likely N-dealkylation sites (tertiary alicyclic amines) is 1. The summed E-state index contributed by atoms with van der Waals surface area (Å²) in [4.78, 5) is 24.6. The lowest BCUT2D eigenvalue weighted by Crippen LogP contribution is -2.52. The Labute approximate surface area is 206 Å². The van der Waals surface area contributed by atoms with E-state index in [2.05, 4.69) is 22.4 Å². The van der Waals surface area contributed by atoms with E-state index in [0.29, 0.717) is 16.4 Å². The molecule has 5 rings (SSSR count). The Morgan fingerprint density at radius 1 is 1.37 bits per heavy atom. The molecular formula is C25H29F2N4O3S+. The Morgan fingerprint density at radius 2 is 2.14 bits per heavy atom. The Morgan fingerprint density at radius 3 is 2.89 bits per heavy atom. The van der Waals surface area contributed by atoms with Gasteiger partial charge in [-0.05, 0) is 55.0 Å². The summed E-state index contributed by atoms with van der Waals surface area (Å²) in [7, 11) is 1.44. The number of piperidine rings is 1. The predicted octanol–water partition coefficient (Wildman–Crippen LogP) is 3.08. The highest BCUT2D eigenvalue weighted by Crippen LogP contribution is 2.41. The van der Waals surface area contributed by atoms with E-state index < -0.39 is 17.9 Å². The summed E-state index contributed by atoms with van der Waals surface area (Å²) in [6.45, 7) is 1.53. The van der Waals surface area contributed by atoms with Crippen LogP contribution in [0.4, 0.5) is 13.9 Å². The van der Waals surface area contributed by atoms with E-state index >= 15 is 0 Å². The van der Waals surface area contributed by atoms with Crippen molar-refractivity contribution in [2.45, 2.75) is 57.1 Å². The first-order valence-corrected chi connectivity index (χ1v) is 12.7. The third-order valence-corrected chi connectivity index (χ3v) is 8.13. The first kappa shape index (κ1) is 24.0. The molecule has 0 radical (unpaired) electrons. The fraction of sp³-hybridized carbons (Fsp3) is 0.480. The van der Waals surface area contributed by atoms with Crippen molar-refractivity contribution in [1.82, 2.24) is 9.88 Å². The molecule has 186 valence electrons. The number of aryl methyl sites for hydroxylation is 2. The number of amides is 1. The smallest absolute Gasteiger partial charge is 0.259 e. The van der Waals surface area contributed by atoms with Crippen molar-refractivity contribution < 1.29 is 28.2 Å². The molecule has 1 fully saturated rings. The normalized spacial score (nSPS) is 20.5. The van der Waals surface area contributed by atoms with Gasteiger partial charge < -0.3 is 10.4 Å². The second kappa shape index (κ2) is 9.40. The van der Waals surface area contributed by atoms with Crippen molar-refractivity contribution in [3.8, 4) is 0 Å². The van der Waals surface area contributed by atoms with Crippen molar-refractivity contribution in [1.29, 1.82) is 0 Å². The van der Waals surface area contributed by atoms with Gasteiger partial charge >= 0.3 is 0 Å². The van der Waals surface area contributed by atoms with Crippen LogP contribution >= 0.6 is 11.3 Å². The Bertz CT molecular complexity index is 1220. The van der Waals surface area contributed by atoms with E-state index in [1.54, 1.807) is 17.9 Å². The molecule has 2 aromatic heterocycles. The molecule has 1 aliphatic heterocycles. The van der Waals surface area contributed by atoms with Crippen LogP contribution in [-0.4, -0.2) is 53.1 Å². The van der Waals surface area contributed by atoms with Gasteiger partial charge in [-0.1, -0.05) is 11.3 Å². The van der Waals surface area contributed by atoms with Gasteiger partial charge in [0.15, 0.2) is 5.13 Å². The number of alkyl halides is 2. The number of anilines is 1. The van der Waals surface area contributed by atoms with Crippen molar-refractivity contribution >= 4 is 32.6 Å². The number of halogens is 2. The van der Waals surface area contributed by atoms with E-state index in [1.807, 2.05) is 0 Å². The van der Waals surface area contributed by atoms with Crippen LogP contribution in [0, 0.1) is 0 Å². The molecule has 2 aliphatic rings. The average molecular weight is 504 g/mol. The summed E-state index contributed by atoms with van der Waals surface area (Å²) in [6, 6.07) is 6.79. The van der Waals surface area contributed by atoms with E-state index in [-0.39, 0.29) is 32.0 Å². The zero-order valence-electron chi connectivity index (χ0n) is 19.8. The minimum Gasteiger partial charge on any atom is -0.385 e. The van der Waals surface area contributed by atoms with Crippen LogP contribution in [0.25, 0.3) is 10.2 Å². The van der Waals surface area contributed by atoms with Gasteiger partial charge in [-0.25, -0.2) is 13.8 Å². The molecule has 2 unspecified atom stereocenters. The van der Waals surface area contributed by atoms with Crippen LogP contribution in [0.5, 0.6) is 0 Å². The van der Waals surface area contributed by atoms with Crippen LogP contribution < -0.4 is 14.9 Å². The van der Waals surface area contributed by atoms with Crippen LogP contribution in [0.3, 0.4) is 0 Å². The number of aromatic nitrogens is 2. The van der Waals surface area contributed by atoms with Gasteiger partial charge in [-0.2, -0.15) is 0 Å². The molecule has 35 heavy (non-hydrogen) atoms. The van der Waals surface area contributed by atoms with Gasteiger partial charge in [-0.3, -0.25) is 14.5 Å². The number of aliphatic hydroxyl groups excluding tert-OH is 1. The van der Waals surface area contributed by atoms with Crippen LogP contribution in [0.2, 0.25) is 0 Å². The maximum absolute atomic E-state index is 14.9. The highest BCUT2D eigenvalue weighted by molar-refractivity contribution is 7.22. The van der Waals surface area contributed by atoms with E-state index in [0.717, 1.165) is 23.1 Å². The number of carbonyl (C=O) groups is 1. The fourth-order valence-electron chi connectivity index (χ4n) is 5.11. The molecule has 0 bridgehead atoms. The molecule has 1 amide bonds. The van der Waals surface area contributed by atoms with Crippen molar-refractivity contribution in [3.05, 3.63) is 52.8 Å². The zero-order chi connectivity index (χ0) is 24.7. The van der Waals surface area contributed by atoms with Gasteiger partial charge in [0.25, 0.3) is 11.6 Å². The quantitative estimate of drug-likeness (QED) is 0.506. The standard InChI is InChI=1S/C25H28F2N4O3S/c1-15(23(33)29-24-28-21-11-16-4-3-5-17(16)12-22(21)35-24)30-9-7-25(26,27)20(13-30)18-6-8-31(34-2)19(10-18)14-32/h6,8,10-12,15,20,32H,3-5,7,9,13-14H2,1-2H3/p+1. The van der Waals surface area contributed by atoms with Crippen molar-refractivity contribution in [3.63, 3.8) is 0 Å². The number of hydrogen-bond donors (Lipinski definition) is 2. The molecule has 7 nitrogen and oxygen atoms in total. The minimum atomic E-state index is -2.92. The summed E-state index contributed by atoms with van der Waals surface area (Å²) < 4.78 is 32.3. The molecule has 0 saturated carbocycles. The maximum atomic E-state index is 14.9. The van der Waals surface area contributed by atoms with E-state index in [1.165, 1.54) is 53.0 Å². The third-order valence-electron chi connectivity index (χ3n) is 7.20. The highest BCUT2D eigenvalue weighted by Gasteiger charge is 2.47. The van der Waals surface area contributed by atoms with Gasteiger partial charge in [0, 0.05) is 36.4 Å². The molecule has 1 aliphatic carbocycles. The van der Waals surface area contributed by atoms with Crippen LogP contribution in [-0.2, 0) is 24.2 Å². The number of carbonyl (C=O) groups excluding carboxylic acids is 1. The number of nitrogens with one attached hydrogen (secondary N) is 1. The molecule has 1 saturated heterocycles. The monoisotopic (exact) mass is 503 g/mol. The van der Waals surface area contributed by atoms with Gasteiger partial charge in [0.2, 0.25) is 12.1 Å². The van der Waals surface area contributed by atoms with Crippen molar-refractivity contribution in [2.75, 3.05) is 25.5 Å². The lowest BCUT2D eigenvalue weighted by molar-refractivity contribution is -0.891. The molecule has 2 N–H and O–H groups in total. The van der Waals surface area contributed by atoms with Gasteiger partial charge in [-0.15, -0.1) is 0 Å². The number of benzene rings is 1. The van der Waals surface area contributed by atoms with Gasteiger partial charge in [0.05, 0.1) is 22.2 Å². The number of fused-ring (bicyclic) bond motifs is 2. The summed E-state index contributed by atoms with van der Waals surface area (Å²) in [5.41, 5.74) is 4.35. The fourth-order valence-corrected chi connectivity index (χ4v) is 6.03. The second-order valence-electron chi connectivity index (χ2n) is 9.30. The SMILES string of the molecule is CO[n+]1ccc(C2CN(C(C)C(=O)Nc3nc4cc5c(cc4s3)CCC5)CCC2(F)F)cc1CO. The lowest BCUT2D eigenvalue weighted by atomic mass is 9.86. The lowest BCUT2D eigenvalue weighted by Gasteiger charge is -2.40. The Kier molecular flexibility index (Phi) is 6.45. The van der Waals surface area contributed by atoms with E-state index in [4.69, 9.17) is 4.84 Å². The van der Waals surface area contributed by atoms with Crippen molar-refractivity contribution in [2.24, 2.45) is 0 Å². The Hall–Kier alpha value is -2.69. The largest absolute Gasteiger partial charge is 0.385 e. The summed E-state index contributed by atoms with van der Waals surface area (Å²) in [5.74, 6) is -4.29. The first-order chi connectivity index (χ1) is 16.8. The summed E-state index contributed by atoms with van der Waals surface area (Å²) >= 11 is 1.44. The van der Waals surface area contributed by atoms with Crippen LogP contribution in [0.15, 0.2) is 30.5 Å². The zero-order valence-corrected chi connectivity index (χ0v) is 20.6. The number of rotatable bonds is 6. The predicted molar refractivity (Wildman–Crippen MR) is 129 cm³/mol. The molecule has 0 spiro atoms. The second-order valence-corrected chi connectivity index (χ2v) is 10.3. The average Bonchev–Trinajstić information content (AvgIpc) is 3.46. The van der Waals surface area contributed by atoms with Gasteiger partial charge in [0.1, 0.15) is 13.7 Å².